The molecule has 7 nitrogen and oxygen atoms in total. The molecule has 0 unspecified atom stereocenters. The maximum Gasteiger partial charge on any atom is 0.232 e. The third kappa shape index (κ3) is 2.80. The van der Waals surface area contributed by atoms with Crippen molar-refractivity contribution in [2.45, 2.75) is 0 Å². The first-order valence-corrected chi connectivity index (χ1v) is 7.10. The summed E-state index contributed by atoms with van der Waals surface area (Å²) >= 11 is 0. The second-order valence-electron chi connectivity index (χ2n) is 4.83. The zero-order valence-corrected chi connectivity index (χ0v) is 12.1. The average molecular weight is 303 g/mol. The lowest BCUT2D eigenvalue weighted by Crippen LogP contribution is -2.03. The van der Waals surface area contributed by atoms with Crippen molar-refractivity contribution < 1.29 is 0 Å². The van der Waals surface area contributed by atoms with Crippen molar-refractivity contribution in [2.24, 2.45) is 0 Å². The molecule has 3 aromatic heterocycles. The molecular weight excluding hydrogens is 290 g/mol. The molecule has 0 saturated heterocycles. The molecular formula is C16H13N7. The fourth-order valence-electron chi connectivity index (χ4n) is 2.19. The summed E-state index contributed by atoms with van der Waals surface area (Å²) in [5.41, 5.74) is 2.27. The number of para-hydroxylation sites is 1. The van der Waals surface area contributed by atoms with Gasteiger partial charge in [0, 0.05) is 11.9 Å². The average Bonchev–Trinajstić information content (AvgIpc) is 3.05. The van der Waals surface area contributed by atoms with Crippen LogP contribution in [0, 0.1) is 0 Å². The largest absolute Gasteiger partial charge is 0.340 e. The minimum absolute atomic E-state index is 0.432. The normalized spacial score (nSPS) is 10.6. The van der Waals surface area contributed by atoms with Crippen LogP contribution in [-0.4, -0.2) is 24.9 Å². The monoisotopic (exact) mass is 303 g/mol. The van der Waals surface area contributed by atoms with E-state index in [1.165, 1.54) is 0 Å². The molecule has 7 heteroatoms. The van der Waals surface area contributed by atoms with E-state index in [2.05, 4.69) is 35.6 Å². The summed E-state index contributed by atoms with van der Waals surface area (Å²) in [4.78, 5) is 20.4. The Balaban J connectivity index is 1.72. The summed E-state index contributed by atoms with van der Waals surface area (Å²) in [6.45, 7) is 0. The van der Waals surface area contributed by atoms with Gasteiger partial charge in [-0.2, -0.15) is 9.97 Å². The van der Waals surface area contributed by atoms with Crippen molar-refractivity contribution in [3.05, 3.63) is 61.1 Å². The van der Waals surface area contributed by atoms with E-state index >= 15 is 0 Å². The molecule has 4 rings (SSSR count). The van der Waals surface area contributed by atoms with E-state index in [0.717, 1.165) is 11.2 Å². The zero-order valence-electron chi connectivity index (χ0n) is 12.1. The quantitative estimate of drug-likeness (QED) is 0.536. The van der Waals surface area contributed by atoms with Crippen LogP contribution in [0.1, 0.15) is 0 Å². The van der Waals surface area contributed by atoms with Crippen molar-refractivity contribution in [3.63, 3.8) is 0 Å². The number of nitrogens with one attached hydrogen (secondary N) is 3. The molecule has 0 amide bonds. The van der Waals surface area contributed by atoms with Gasteiger partial charge in [0.1, 0.15) is 11.3 Å². The zero-order chi connectivity index (χ0) is 15.5. The standard InChI is InChI=1S/C16H13N7/c1-2-6-11(7-3-1)20-15-13-14(19-10-18-13)22-16(23-15)21-12-8-4-5-9-17-12/h1-10H,(H3,17,18,19,20,21,22,23). The lowest BCUT2D eigenvalue weighted by atomic mass is 10.3. The van der Waals surface area contributed by atoms with Crippen molar-refractivity contribution in [3.8, 4) is 0 Å². The molecule has 3 N–H and O–H groups in total. The maximum absolute atomic E-state index is 4.52. The predicted octanol–water partition coefficient (Wildman–Crippen LogP) is 3.24. The summed E-state index contributed by atoms with van der Waals surface area (Å²) in [5.74, 6) is 1.76. The van der Waals surface area contributed by atoms with Crippen LogP contribution >= 0.6 is 0 Å². The Hall–Kier alpha value is -3.48. The molecule has 0 bridgehead atoms. The fourth-order valence-corrected chi connectivity index (χ4v) is 2.19. The number of hydrogen-bond donors (Lipinski definition) is 3. The molecule has 0 saturated carbocycles. The van der Waals surface area contributed by atoms with E-state index in [1.54, 1.807) is 12.5 Å². The molecule has 0 radical (unpaired) electrons. The number of aromatic amines is 1. The van der Waals surface area contributed by atoms with E-state index in [-0.39, 0.29) is 0 Å². The van der Waals surface area contributed by atoms with Gasteiger partial charge in [-0.15, -0.1) is 0 Å². The van der Waals surface area contributed by atoms with Crippen LogP contribution in [0.2, 0.25) is 0 Å². The van der Waals surface area contributed by atoms with Gasteiger partial charge in [0.05, 0.1) is 6.33 Å². The van der Waals surface area contributed by atoms with Gasteiger partial charge in [0.15, 0.2) is 11.5 Å². The molecule has 4 aromatic rings. The highest BCUT2D eigenvalue weighted by Crippen LogP contribution is 2.23. The second-order valence-corrected chi connectivity index (χ2v) is 4.83. The lowest BCUT2D eigenvalue weighted by Gasteiger charge is -2.09. The summed E-state index contributed by atoms with van der Waals surface area (Å²) in [6, 6.07) is 15.4. The minimum Gasteiger partial charge on any atom is -0.340 e. The van der Waals surface area contributed by atoms with Crippen LogP contribution < -0.4 is 10.6 Å². The highest BCUT2D eigenvalue weighted by molar-refractivity contribution is 5.86. The first-order valence-electron chi connectivity index (χ1n) is 7.10. The molecule has 0 aliphatic heterocycles. The third-order valence-electron chi connectivity index (χ3n) is 3.23. The number of pyridine rings is 1. The van der Waals surface area contributed by atoms with Crippen LogP contribution in [0.5, 0.6) is 0 Å². The van der Waals surface area contributed by atoms with E-state index < -0.39 is 0 Å². The molecule has 0 atom stereocenters. The Kier molecular flexibility index (Phi) is 3.28. The SMILES string of the molecule is c1ccc(Nc2nc(Nc3ccccn3)nc3nc[nH]c23)cc1. The Morgan fingerprint density at radius 3 is 2.52 bits per heavy atom. The topological polar surface area (TPSA) is 91.4 Å². The minimum atomic E-state index is 0.432. The molecule has 1 aromatic carbocycles. The van der Waals surface area contributed by atoms with Crippen LogP contribution in [0.25, 0.3) is 11.2 Å². The van der Waals surface area contributed by atoms with E-state index in [9.17, 15) is 0 Å². The van der Waals surface area contributed by atoms with Gasteiger partial charge >= 0.3 is 0 Å². The Morgan fingerprint density at radius 2 is 1.70 bits per heavy atom. The highest BCUT2D eigenvalue weighted by Gasteiger charge is 2.10. The fraction of sp³-hybridized carbons (Fsp3) is 0. The van der Waals surface area contributed by atoms with Crippen LogP contribution in [0.4, 0.5) is 23.3 Å². The smallest absolute Gasteiger partial charge is 0.232 e. The van der Waals surface area contributed by atoms with Gasteiger partial charge in [-0.05, 0) is 24.3 Å². The number of rotatable bonds is 4. The lowest BCUT2D eigenvalue weighted by molar-refractivity contribution is 1.17. The number of H-pyrrole nitrogens is 1. The Morgan fingerprint density at radius 1 is 0.826 bits per heavy atom. The van der Waals surface area contributed by atoms with Gasteiger partial charge in [0.25, 0.3) is 0 Å². The first kappa shape index (κ1) is 13.2. The number of fused-ring (bicyclic) bond motifs is 1. The van der Waals surface area contributed by atoms with Gasteiger partial charge in [-0.1, -0.05) is 24.3 Å². The molecule has 112 valence electrons. The van der Waals surface area contributed by atoms with Gasteiger partial charge < -0.3 is 15.6 Å². The second kappa shape index (κ2) is 5.72. The van der Waals surface area contributed by atoms with Gasteiger partial charge in [0.2, 0.25) is 5.95 Å². The van der Waals surface area contributed by atoms with E-state index in [4.69, 9.17) is 0 Å². The van der Waals surface area contributed by atoms with Crippen molar-refractivity contribution >= 4 is 34.4 Å². The van der Waals surface area contributed by atoms with Crippen molar-refractivity contribution in [1.82, 2.24) is 24.9 Å². The molecule has 0 fully saturated rings. The molecule has 0 aliphatic carbocycles. The first-order chi connectivity index (χ1) is 11.4. The molecule has 3 heterocycles. The third-order valence-corrected chi connectivity index (χ3v) is 3.23. The Bertz CT molecular complexity index is 919. The Labute approximate surface area is 131 Å². The predicted molar refractivity (Wildman–Crippen MR) is 88.9 cm³/mol. The number of benzene rings is 1. The maximum atomic E-state index is 4.52. The number of nitrogens with zero attached hydrogens (tertiary/aromatic N) is 4. The summed E-state index contributed by atoms with van der Waals surface area (Å²) in [6.07, 6.45) is 3.30. The van der Waals surface area contributed by atoms with Crippen molar-refractivity contribution in [1.29, 1.82) is 0 Å². The van der Waals surface area contributed by atoms with E-state index in [1.807, 2.05) is 48.5 Å². The van der Waals surface area contributed by atoms with Crippen LogP contribution in [-0.2, 0) is 0 Å². The molecule has 0 aliphatic rings. The number of hydrogen-bond acceptors (Lipinski definition) is 6. The van der Waals surface area contributed by atoms with Crippen LogP contribution in [0.3, 0.4) is 0 Å². The highest BCUT2D eigenvalue weighted by atomic mass is 15.2. The molecule has 0 spiro atoms. The number of anilines is 4. The number of imidazole rings is 1. The summed E-state index contributed by atoms with van der Waals surface area (Å²) < 4.78 is 0. The molecule has 23 heavy (non-hydrogen) atoms. The summed E-state index contributed by atoms with van der Waals surface area (Å²) in [5, 5.41) is 6.36. The van der Waals surface area contributed by atoms with Crippen molar-refractivity contribution in [2.75, 3.05) is 10.6 Å². The van der Waals surface area contributed by atoms with Gasteiger partial charge in [-0.3, -0.25) is 0 Å². The summed E-state index contributed by atoms with van der Waals surface area (Å²) in [7, 11) is 0. The van der Waals surface area contributed by atoms with E-state index in [0.29, 0.717) is 23.2 Å². The number of aromatic nitrogens is 5. The van der Waals surface area contributed by atoms with Gasteiger partial charge in [-0.25, -0.2) is 9.97 Å². The van der Waals surface area contributed by atoms with Crippen LogP contribution in [0.15, 0.2) is 61.1 Å².